The summed E-state index contributed by atoms with van der Waals surface area (Å²) in [5.41, 5.74) is 10.5. The molecule has 1 fully saturated rings. The molecule has 0 aromatic carbocycles. The molecule has 2 aromatic rings. The van der Waals surface area contributed by atoms with Crippen LogP contribution in [0.2, 0.25) is 0 Å². The number of aliphatic hydroxyl groups is 1. The van der Waals surface area contributed by atoms with Crippen molar-refractivity contribution < 1.29 is 38.6 Å². The quantitative estimate of drug-likeness (QED) is 0.0320. The Balaban J connectivity index is 1.53. The van der Waals surface area contributed by atoms with Gasteiger partial charge in [-0.1, -0.05) is 16.9 Å². The molecule has 6 N–H and O–H groups in total. The summed E-state index contributed by atoms with van der Waals surface area (Å²) < 4.78 is 15.8. The van der Waals surface area contributed by atoms with Gasteiger partial charge in [-0.3, -0.25) is 19.3 Å². The fourth-order valence-electron chi connectivity index (χ4n) is 3.87. The van der Waals surface area contributed by atoms with E-state index in [1.54, 1.807) is 20.8 Å². The summed E-state index contributed by atoms with van der Waals surface area (Å²) in [6.45, 7) is 4.75. The van der Waals surface area contributed by atoms with Crippen molar-refractivity contribution in [1.29, 1.82) is 0 Å². The predicted octanol–water partition coefficient (Wildman–Crippen LogP) is -1.30. The summed E-state index contributed by atoms with van der Waals surface area (Å²) in [5.74, 6) is -2.48. The van der Waals surface area contributed by atoms with Crippen LogP contribution < -0.4 is 16.8 Å². The molecule has 22 heteroatoms. The number of hydrogen-bond acceptors (Lipinski definition) is 19. The molecule has 0 spiro atoms. The number of nitrogens with two attached hydrogens (primary N) is 2. The van der Waals surface area contributed by atoms with E-state index in [2.05, 4.69) is 35.4 Å². The van der Waals surface area contributed by atoms with Gasteiger partial charge in [-0.2, -0.15) is 9.36 Å². The van der Waals surface area contributed by atoms with E-state index >= 15 is 0 Å². The molecular formula is C24H33N11O8S3. The molecule has 2 aromatic heterocycles. The van der Waals surface area contributed by atoms with Crippen LogP contribution in [-0.4, -0.2) is 119 Å². The molecule has 0 saturated carbocycles. The number of carbonyl (C=O) groups is 4. The number of hydrogen-bond donors (Lipinski definition) is 4. The zero-order chi connectivity index (χ0) is 33.4. The topological polar surface area (TPSA) is 265 Å². The van der Waals surface area contributed by atoms with E-state index in [9.17, 15) is 24.3 Å². The van der Waals surface area contributed by atoms with Crippen molar-refractivity contribution in [3.8, 4) is 0 Å². The Bertz CT molecular complexity index is 1510. The molecule has 4 heterocycles. The van der Waals surface area contributed by atoms with Crippen LogP contribution in [0, 0.1) is 5.41 Å². The van der Waals surface area contributed by atoms with Crippen LogP contribution in [0.4, 0.5) is 5.13 Å². The molecule has 2 aliphatic rings. The van der Waals surface area contributed by atoms with Crippen LogP contribution in [0.15, 0.2) is 21.6 Å². The van der Waals surface area contributed by atoms with E-state index in [1.807, 2.05) is 0 Å². The maximum Gasteiger partial charge on any atom is 0.357 e. The third-order valence-corrected chi connectivity index (χ3v) is 9.10. The zero-order valence-electron chi connectivity index (χ0n) is 25.1. The minimum Gasteiger partial charge on any atom is -0.427 e. The van der Waals surface area contributed by atoms with Gasteiger partial charge in [-0.25, -0.2) is 9.48 Å². The third kappa shape index (κ3) is 8.29. The lowest BCUT2D eigenvalue weighted by atomic mass is 9.98. The Hall–Kier alpha value is -3.86. The van der Waals surface area contributed by atoms with Crippen molar-refractivity contribution in [2.45, 2.75) is 50.3 Å². The van der Waals surface area contributed by atoms with E-state index < -0.39 is 47.4 Å². The van der Waals surface area contributed by atoms with Gasteiger partial charge in [0, 0.05) is 23.0 Å². The van der Waals surface area contributed by atoms with Crippen molar-refractivity contribution in [3.05, 3.63) is 17.1 Å². The molecular weight excluding hydrogens is 667 g/mol. The smallest absolute Gasteiger partial charge is 0.357 e. The lowest BCUT2D eigenvalue weighted by Gasteiger charge is -2.49. The summed E-state index contributed by atoms with van der Waals surface area (Å²) in [6.07, 6.45) is 0.484. The van der Waals surface area contributed by atoms with Crippen molar-refractivity contribution in [2.75, 3.05) is 43.8 Å². The van der Waals surface area contributed by atoms with Gasteiger partial charge >= 0.3 is 11.9 Å². The van der Waals surface area contributed by atoms with Gasteiger partial charge in [0.1, 0.15) is 23.7 Å². The normalized spacial score (nSPS) is 18.2. The van der Waals surface area contributed by atoms with E-state index in [4.69, 9.17) is 25.8 Å². The van der Waals surface area contributed by atoms with Crippen molar-refractivity contribution in [1.82, 2.24) is 39.8 Å². The summed E-state index contributed by atoms with van der Waals surface area (Å²) in [7, 11) is 0. The highest BCUT2D eigenvalue weighted by Gasteiger charge is 2.55. The van der Waals surface area contributed by atoms with Crippen LogP contribution in [0.3, 0.4) is 0 Å². The number of oxime groups is 1. The highest BCUT2D eigenvalue weighted by atomic mass is 32.2. The third-order valence-electron chi connectivity index (χ3n) is 6.17. The van der Waals surface area contributed by atoms with Gasteiger partial charge in [0.2, 0.25) is 23.5 Å². The monoisotopic (exact) mass is 699 g/mol. The lowest BCUT2D eigenvalue weighted by molar-refractivity contribution is -0.173. The van der Waals surface area contributed by atoms with E-state index in [0.29, 0.717) is 23.7 Å². The maximum absolute atomic E-state index is 13.5. The number of anilines is 1. The first-order chi connectivity index (χ1) is 22.0. The Kier molecular flexibility index (Phi) is 11.9. The number of aromatic nitrogens is 6. The van der Waals surface area contributed by atoms with Gasteiger partial charge in [0.15, 0.2) is 5.13 Å². The van der Waals surface area contributed by atoms with Gasteiger partial charge in [-0.05, 0) is 49.7 Å². The summed E-state index contributed by atoms with van der Waals surface area (Å²) in [4.78, 5) is 62.8. The number of carbonyl (C=O) groups excluding carboxylic acids is 4. The van der Waals surface area contributed by atoms with Crippen LogP contribution in [-0.2, 0) is 40.0 Å². The first-order valence-corrected chi connectivity index (χ1v) is 16.6. The molecule has 1 unspecified atom stereocenters. The Labute approximate surface area is 275 Å². The molecule has 46 heavy (non-hydrogen) atoms. The molecule has 0 aliphatic carbocycles. The fraction of sp³-hybridized carbons (Fsp3) is 0.583. The molecule has 250 valence electrons. The number of esters is 2. The van der Waals surface area contributed by atoms with Gasteiger partial charge < -0.3 is 36.2 Å². The average molecular weight is 700 g/mol. The SMILES string of the molecule is CC(C)(C)C(=O)OCOC(=O)C1=C(CSc2nnnn2CCO)CS[C@@H]2C(NC(=O)C(=NOCCCN)c3nsc(N)n3)C(=O)N12. The number of aliphatic hydroxyl groups excluding tert-OH is 1. The van der Waals surface area contributed by atoms with E-state index in [0.717, 1.165) is 11.5 Å². The highest BCUT2D eigenvalue weighted by Crippen LogP contribution is 2.42. The second kappa shape index (κ2) is 15.6. The maximum atomic E-state index is 13.5. The van der Waals surface area contributed by atoms with Crippen LogP contribution in [0.5, 0.6) is 0 Å². The predicted molar refractivity (Wildman–Crippen MR) is 165 cm³/mol. The fourth-order valence-corrected chi connectivity index (χ4v) is 6.70. The van der Waals surface area contributed by atoms with Gasteiger partial charge in [-0.15, -0.1) is 16.9 Å². The lowest BCUT2D eigenvalue weighted by Crippen LogP contribution is -2.71. The molecule has 2 aliphatic heterocycles. The first-order valence-electron chi connectivity index (χ1n) is 13.8. The Morgan fingerprint density at radius 2 is 2.04 bits per heavy atom. The Morgan fingerprint density at radius 1 is 1.26 bits per heavy atom. The highest BCUT2D eigenvalue weighted by molar-refractivity contribution is 8.01. The molecule has 0 bridgehead atoms. The number of nitrogens with one attached hydrogen (secondary N) is 1. The second-order valence-electron chi connectivity index (χ2n) is 10.6. The van der Waals surface area contributed by atoms with Crippen LogP contribution >= 0.6 is 35.1 Å². The number of ether oxygens (including phenoxy) is 2. The van der Waals surface area contributed by atoms with Crippen LogP contribution in [0.25, 0.3) is 0 Å². The van der Waals surface area contributed by atoms with Crippen molar-refractivity contribution in [3.63, 3.8) is 0 Å². The standard InChI is InChI=1S/C24H33N11O8S3/c1-24(2,3)21(40)42-11-41-20(39)15-12(10-45-23-29-32-33-34(23)6-7-36)9-44-19-14(18(38)35(15)19)27-17(37)13(30-43-8-4-5-25)16-28-22(26)46-31-16/h14,19,36H,4-11,25H2,1-3H3,(H,27,37)(H2,26,28,31)/t14?,19-/m1/s1. The Morgan fingerprint density at radius 3 is 2.72 bits per heavy atom. The molecule has 4 rings (SSSR count). The molecule has 1 saturated heterocycles. The number of tetrazole rings is 1. The van der Waals surface area contributed by atoms with Gasteiger partial charge in [0.25, 0.3) is 11.8 Å². The minimum atomic E-state index is -1.05. The molecule has 2 amide bonds. The largest absolute Gasteiger partial charge is 0.427 e. The number of amides is 2. The van der Waals surface area contributed by atoms with Crippen molar-refractivity contribution >= 4 is 69.7 Å². The number of β-lactam (4-membered cyclic amide) rings is 1. The summed E-state index contributed by atoms with van der Waals surface area (Å²) >= 11 is 3.36. The van der Waals surface area contributed by atoms with Crippen molar-refractivity contribution in [2.24, 2.45) is 16.3 Å². The summed E-state index contributed by atoms with van der Waals surface area (Å²) in [5, 5.41) is 26.9. The number of fused-ring (bicyclic) bond motifs is 1. The van der Waals surface area contributed by atoms with E-state index in [1.165, 1.54) is 33.1 Å². The van der Waals surface area contributed by atoms with E-state index in [-0.39, 0.29) is 53.6 Å². The average Bonchev–Trinajstić information content (AvgIpc) is 3.66. The van der Waals surface area contributed by atoms with Gasteiger partial charge in [0.05, 0.1) is 18.6 Å². The molecule has 2 atom stereocenters. The number of thioether (sulfide) groups is 2. The molecule has 0 radical (unpaired) electrons. The second-order valence-corrected chi connectivity index (χ2v) is 13.4. The first kappa shape index (κ1) is 35.0. The minimum absolute atomic E-state index is 0.0484. The molecule has 19 nitrogen and oxygen atoms in total. The number of nitrogens with zero attached hydrogens (tertiary/aromatic N) is 8. The van der Waals surface area contributed by atoms with Crippen LogP contribution in [0.1, 0.15) is 33.0 Å². The number of rotatable bonds is 15. The zero-order valence-corrected chi connectivity index (χ0v) is 27.5. The summed E-state index contributed by atoms with van der Waals surface area (Å²) in [6, 6.07) is -1.05. The number of nitrogen functional groups attached to an aromatic ring is 1.